The molecule has 0 unspecified atom stereocenters. The molecule has 7 nitrogen and oxygen atoms in total. The molecule has 0 spiro atoms. The molecule has 0 atom stereocenters. The Balaban J connectivity index is 1.69. The van der Waals surface area contributed by atoms with Crippen LogP contribution in [0.1, 0.15) is 15.9 Å². The lowest BCUT2D eigenvalue weighted by atomic mass is 9.98. The van der Waals surface area contributed by atoms with Gasteiger partial charge >= 0.3 is 0 Å². The monoisotopic (exact) mass is 325 g/mol. The molecule has 24 heavy (non-hydrogen) atoms. The van der Waals surface area contributed by atoms with Crippen LogP contribution in [0.3, 0.4) is 0 Å². The molecule has 1 aliphatic heterocycles. The predicted octanol–water partition coefficient (Wildman–Crippen LogP) is 1.25. The van der Waals surface area contributed by atoms with Crippen LogP contribution in [0.4, 0.5) is 5.69 Å². The number of fused-ring (bicyclic) bond motifs is 1. The molecule has 1 aromatic carbocycles. The summed E-state index contributed by atoms with van der Waals surface area (Å²) in [6.45, 7) is -0.335. The first-order valence-electron chi connectivity index (χ1n) is 7.31. The van der Waals surface area contributed by atoms with Crippen molar-refractivity contribution in [2.75, 3.05) is 19.0 Å². The Kier molecular flexibility index (Phi) is 4.24. The van der Waals surface area contributed by atoms with Gasteiger partial charge in [0.25, 0.3) is 5.91 Å². The number of carbonyl (C=O) groups excluding carboxylic acids is 3. The number of anilines is 1. The fraction of sp³-hybridized carbons (Fsp3) is 0.176. The Morgan fingerprint density at radius 3 is 2.75 bits per heavy atom. The maximum atomic E-state index is 12.4. The molecule has 3 amide bonds. The first kappa shape index (κ1) is 15.7. The molecule has 0 bridgehead atoms. The van der Waals surface area contributed by atoms with Crippen LogP contribution < -0.4 is 10.1 Å². The highest BCUT2D eigenvalue weighted by atomic mass is 16.5. The summed E-state index contributed by atoms with van der Waals surface area (Å²) >= 11 is 0. The van der Waals surface area contributed by atoms with E-state index in [1.807, 2.05) is 0 Å². The van der Waals surface area contributed by atoms with E-state index >= 15 is 0 Å². The minimum Gasteiger partial charge on any atom is -0.481 e. The SMILES string of the molecule is COc1ccc(NC(=O)CN2C(=O)Cc3ccccc3C2=O)cn1. The average Bonchev–Trinajstić information content (AvgIpc) is 2.59. The lowest BCUT2D eigenvalue weighted by Gasteiger charge is -2.26. The van der Waals surface area contributed by atoms with Gasteiger partial charge in [-0.1, -0.05) is 18.2 Å². The number of rotatable bonds is 4. The van der Waals surface area contributed by atoms with Crippen molar-refractivity contribution < 1.29 is 19.1 Å². The summed E-state index contributed by atoms with van der Waals surface area (Å²) in [6.07, 6.45) is 1.55. The Labute approximate surface area is 138 Å². The van der Waals surface area contributed by atoms with Crippen LogP contribution >= 0.6 is 0 Å². The van der Waals surface area contributed by atoms with Gasteiger partial charge in [-0.2, -0.15) is 0 Å². The minimum absolute atomic E-state index is 0.110. The number of nitrogens with one attached hydrogen (secondary N) is 1. The topological polar surface area (TPSA) is 88.6 Å². The second-order valence-electron chi connectivity index (χ2n) is 5.26. The number of benzene rings is 1. The van der Waals surface area contributed by atoms with Crippen LogP contribution in [-0.2, 0) is 16.0 Å². The highest BCUT2D eigenvalue weighted by Gasteiger charge is 2.31. The van der Waals surface area contributed by atoms with E-state index in [2.05, 4.69) is 10.3 Å². The van der Waals surface area contributed by atoms with Crippen molar-refractivity contribution in [1.82, 2.24) is 9.88 Å². The molecule has 1 N–H and O–H groups in total. The summed E-state index contributed by atoms with van der Waals surface area (Å²) in [7, 11) is 1.49. The standard InChI is InChI=1S/C17H15N3O4/c1-24-15-7-6-12(9-18-15)19-14(21)10-20-16(22)8-11-4-2-3-5-13(11)17(20)23/h2-7,9H,8,10H2,1H3,(H,19,21). The molecule has 1 aromatic heterocycles. The quantitative estimate of drug-likeness (QED) is 0.855. The van der Waals surface area contributed by atoms with E-state index in [9.17, 15) is 14.4 Å². The zero-order valence-corrected chi connectivity index (χ0v) is 13.0. The third kappa shape index (κ3) is 3.10. The number of hydrogen-bond donors (Lipinski definition) is 1. The zero-order valence-electron chi connectivity index (χ0n) is 13.0. The van der Waals surface area contributed by atoms with Gasteiger partial charge < -0.3 is 10.1 Å². The van der Waals surface area contributed by atoms with Gasteiger partial charge in [0, 0.05) is 11.6 Å². The molecule has 2 heterocycles. The Hall–Kier alpha value is -3.22. The van der Waals surface area contributed by atoms with Gasteiger partial charge in [-0.3, -0.25) is 19.3 Å². The van der Waals surface area contributed by atoms with Crippen molar-refractivity contribution in [2.45, 2.75) is 6.42 Å². The van der Waals surface area contributed by atoms with Crippen LogP contribution in [-0.4, -0.2) is 41.3 Å². The van der Waals surface area contributed by atoms with Crippen molar-refractivity contribution >= 4 is 23.4 Å². The summed E-state index contributed by atoms with van der Waals surface area (Å²) in [4.78, 5) is 41.6. The number of imide groups is 1. The van der Waals surface area contributed by atoms with Gasteiger partial charge in [0.1, 0.15) is 6.54 Å². The molecule has 0 fully saturated rings. The maximum absolute atomic E-state index is 12.4. The number of pyridine rings is 1. The predicted molar refractivity (Wildman–Crippen MR) is 85.6 cm³/mol. The molecule has 1 aliphatic rings. The summed E-state index contributed by atoms with van der Waals surface area (Å²) < 4.78 is 4.94. The number of hydrogen-bond acceptors (Lipinski definition) is 5. The average molecular weight is 325 g/mol. The Morgan fingerprint density at radius 2 is 2.04 bits per heavy atom. The van der Waals surface area contributed by atoms with Gasteiger partial charge in [0.05, 0.1) is 25.4 Å². The highest BCUT2D eigenvalue weighted by Crippen LogP contribution is 2.19. The summed E-state index contributed by atoms with van der Waals surface area (Å²) in [6, 6.07) is 10.1. The summed E-state index contributed by atoms with van der Waals surface area (Å²) in [5.41, 5.74) is 1.60. The van der Waals surface area contributed by atoms with Crippen molar-refractivity contribution in [2.24, 2.45) is 0 Å². The molecule has 0 aliphatic carbocycles. The van der Waals surface area contributed by atoms with E-state index in [0.717, 1.165) is 4.90 Å². The van der Waals surface area contributed by atoms with Crippen LogP contribution in [0.5, 0.6) is 5.88 Å². The van der Waals surface area contributed by atoms with Crippen molar-refractivity contribution in [3.63, 3.8) is 0 Å². The van der Waals surface area contributed by atoms with Crippen molar-refractivity contribution in [3.8, 4) is 5.88 Å². The Bertz CT molecular complexity index is 802. The van der Waals surface area contributed by atoms with E-state index < -0.39 is 11.8 Å². The molecule has 0 saturated carbocycles. The molecule has 122 valence electrons. The van der Waals surface area contributed by atoms with Crippen LogP contribution in [0, 0.1) is 0 Å². The van der Waals surface area contributed by atoms with Gasteiger partial charge in [0.15, 0.2) is 0 Å². The lowest BCUT2D eigenvalue weighted by molar-refractivity contribution is -0.131. The van der Waals surface area contributed by atoms with Crippen molar-refractivity contribution in [3.05, 3.63) is 53.7 Å². The second kappa shape index (κ2) is 6.49. The molecular formula is C17H15N3O4. The largest absolute Gasteiger partial charge is 0.481 e. The van der Waals surface area contributed by atoms with Gasteiger partial charge in [0.2, 0.25) is 17.7 Å². The van der Waals surface area contributed by atoms with Crippen LogP contribution in [0.25, 0.3) is 0 Å². The number of carbonyl (C=O) groups is 3. The normalized spacial score (nSPS) is 13.5. The van der Waals surface area contributed by atoms with E-state index in [1.165, 1.54) is 13.3 Å². The highest BCUT2D eigenvalue weighted by molar-refractivity contribution is 6.12. The maximum Gasteiger partial charge on any atom is 0.261 e. The second-order valence-corrected chi connectivity index (χ2v) is 5.26. The van der Waals surface area contributed by atoms with E-state index in [0.29, 0.717) is 22.7 Å². The molecule has 0 saturated heterocycles. The van der Waals surface area contributed by atoms with E-state index in [4.69, 9.17) is 4.74 Å². The van der Waals surface area contributed by atoms with Gasteiger partial charge in [-0.15, -0.1) is 0 Å². The molecule has 3 rings (SSSR count). The number of amides is 3. The fourth-order valence-corrected chi connectivity index (χ4v) is 2.48. The fourth-order valence-electron chi connectivity index (χ4n) is 2.48. The molecule has 0 radical (unpaired) electrons. The third-order valence-corrected chi connectivity index (χ3v) is 3.67. The molecular weight excluding hydrogens is 310 g/mol. The molecule has 7 heteroatoms. The summed E-state index contributed by atoms with van der Waals surface area (Å²) in [5, 5.41) is 2.60. The van der Waals surface area contributed by atoms with Crippen molar-refractivity contribution in [1.29, 1.82) is 0 Å². The minimum atomic E-state index is -0.469. The summed E-state index contributed by atoms with van der Waals surface area (Å²) in [5.74, 6) is -0.888. The molecule has 2 aromatic rings. The lowest BCUT2D eigenvalue weighted by Crippen LogP contribution is -2.46. The van der Waals surface area contributed by atoms with E-state index in [1.54, 1.807) is 36.4 Å². The number of nitrogens with zero attached hydrogens (tertiary/aromatic N) is 2. The van der Waals surface area contributed by atoms with Crippen LogP contribution in [0.2, 0.25) is 0 Å². The smallest absolute Gasteiger partial charge is 0.261 e. The third-order valence-electron chi connectivity index (χ3n) is 3.67. The Morgan fingerprint density at radius 1 is 1.25 bits per heavy atom. The number of ether oxygens (including phenoxy) is 1. The first-order chi connectivity index (χ1) is 11.6. The van der Waals surface area contributed by atoms with Gasteiger partial charge in [-0.25, -0.2) is 4.98 Å². The zero-order chi connectivity index (χ0) is 17.1. The van der Waals surface area contributed by atoms with Gasteiger partial charge in [-0.05, 0) is 17.7 Å². The first-order valence-corrected chi connectivity index (χ1v) is 7.31. The number of aromatic nitrogens is 1. The van der Waals surface area contributed by atoms with E-state index in [-0.39, 0.29) is 18.9 Å². The van der Waals surface area contributed by atoms with Crippen LogP contribution in [0.15, 0.2) is 42.6 Å². The number of methoxy groups -OCH3 is 1.